The summed E-state index contributed by atoms with van der Waals surface area (Å²) in [5, 5.41) is 7.46. The van der Waals surface area contributed by atoms with Crippen molar-refractivity contribution in [3.8, 4) is 0 Å². The summed E-state index contributed by atoms with van der Waals surface area (Å²) in [6.45, 7) is 7.06. The fourth-order valence-electron chi connectivity index (χ4n) is 2.98. The number of thiocarbonyl (C=S) groups is 1. The summed E-state index contributed by atoms with van der Waals surface area (Å²) < 4.78 is 0. The van der Waals surface area contributed by atoms with Gasteiger partial charge < -0.3 is 10.6 Å². The zero-order chi connectivity index (χ0) is 14.6. The standard InChI is InChI=1S/C17H26N2S/c1-17(2,3)13-9-11-15(12-10-13)19-16(20)18-14-7-5-4-6-8-14/h4-8,13,15H,9-12H2,1-3H3,(H2,18,19,20). The quantitative estimate of drug-likeness (QED) is 0.780. The molecule has 0 heterocycles. The number of nitrogens with one attached hydrogen (secondary N) is 2. The summed E-state index contributed by atoms with van der Waals surface area (Å²) in [5.74, 6) is 0.844. The highest BCUT2D eigenvalue weighted by Gasteiger charge is 2.29. The first-order valence-electron chi connectivity index (χ1n) is 7.58. The average molecular weight is 290 g/mol. The number of hydrogen-bond acceptors (Lipinski definition) is 1. The molecule has 3 heteroatoms. The maximum Gasteiger partial charge on any atom is 0.170 e. The third-order valence-electron chi connectivity index (χ3n) is 4.32. The highest BCUT2D eigenvalue weighted by molar-refractivity contribution is 7.80. The van der Waals surface area contributed by atoms with E-state index in [4.69, 9.17) is 12.2 Å². The largest absolute Gasteiger partial charge is 0.360 e. The molecule has 2 N–H and O–H groups in total. The Hall–Kier alpha value is -1.09. The molecule has 0 saturated heterocycles. The summed E-state index contributed by atoms with van der Waals surface area (Å²) in [6, 6.07) is 10.6. The van der Waals surface area contributed by atoms with E-state index in [0.717, 1.165) is 16.7 Å². The van der Waals surface area contributed by atoms with Gasteiger partial charge in [-0.15, -0.1) is 0 Å². The van der Waals surface area contributed by atoms with Crippen molar-refractivity contribution in [1.29, 1.82) is 0 Å². The monoisotopic (exact) mass is 290 g/mol. The van der Waals surface area contributed by atoms with E-state index < -0.39 is 0 Å². The van der Waals surface area contributed by atoms with E-state index in [1.165, 1.54) is 25.7 Å². The lowest BCUT2D eigenvalue weighted by atomic mass is 9.71. The van der Waals surface area contributed by atoms with Gasteiger partial charge in [0.1, 0.15) is 0 Å². The first-order chi connectivity index (χ1) is 9.45. The van der Waals surface area contributed by atoms with Crippen molar-refractivity contribution < 1.29 is 0 Å². The molecule has 0 aromatic heterocycles. The Morgan fingerprint density at radius 1 is 1.05 bits per heavy atom. The predicted octanol–water partition coefficient (Wildman–Crippen LogP) is 4.58. The molecular formula is C17H26N2S. The molecule has 0 atom stereocenters. The number of hydrogen-bond donors (Lipinski definition) is 2. The van der Waals surface area contributed by atoms with E-state index in [2.05, 4.69) is 31.4 Å². The molecule has 1 aromatic rings. The van der Waals surface area contributed by atoms with E-state index >= 15 is 0 Å². The third kappa shape index (κ3) is 4.48. The average Bonchev–Trinajstić information content (AvgIpc) is 2.39. The first-order valence-corrected chi connectivity index (χ1v) is 7.98. The maximum atomic E-state index is 5.40. The lowest BCUT2D eigenvalue weighted by Crippen LogP contribution is -2.41. The highest BCUT2D eigenvalue weighted by Crippen LogP contribution is 2.37. The zero-order valence-corrected chi connectivity index (χ0v) is 13.6. The predicted molar refractivity (Wildman–Crippen MR) is 91.0 cm³/mol. The summed E-state index contributed by atoms with van der Waals surface area (Å²) in [4.78, 5) is 0. The van der Waals surface area contributed by atoms with Crippen LogP contribution in [-0.4, -0.2) is 11.2 Å². The third-order valence-corrected chi connectivity index (χ3v) is 4.54. The fourth-order valence-corrected chi connectivity index (χ4v) is 3.26. The Labute approximate surface area is 128 Å². The molecule has 0 aliphatic heterocycles. The van der Waals surface area contributed by atoms with Gasteiger partial charge in [-0.2, -0.15) is 0 Å². The molecule has 2 rings (SSSR count). The summed E-state index contributed by atoms with van der Waals surface area (Å²) in [5.41, 5.74) is 1.49. The molecular weight excluding hydrogens is 264 g/mol. The summed E-state index contributed by atoms with van der Waals surface area (Å²) in [6.07, 6.45) is 5.04. The Bertz CT molecular complexity index is 428. The lowest BCUT2D eigenvalue weighted by Gasteiger charge is -2.37. The van der Waals surface area contributed by atoms with Crippen molar-refractivity contribution in [2.75, 3.05) is 5.32 Å². The minimum atomic E-state index is 0.438. The van der Waals surface area contributed by atoms with Gasteiger partial charge in [-0.25, -0.2) is 0 Å². The van der Waals surface area contributed by atoms with E-state index in [1.54, 1.807) is 0 Å². The first kappa shape index (κ1) is 15.3. The van der Waals surface area contributed by atoms with Crippen LogP contribution < -0.4 is 10.6 Å². The van der Waals surface area contributed by atoms with Crippen molar-refractivity contribution >= 4 is 23.0 Å². The van der Waals surface area contributed by atoms with Gasteiger partial charge in [-0.3, -0.25) is 0 Å². The van der Waals surface area contributed by atoms with Crippen LogP contribution in [0.4, 0.5) is 5.69 Å². The molecule has 1 saturated carbocycles. The minimum absolute atomic E-state index is 0.438. The molecule has 0 amide bonds. The van der Waals surface area contributed by atoms with Gasteiger partial charge in [0.25, 0.3) is 0 Å². The number of anilines is 1. The van der Waals surface area contributed by atoms with Gasteiger partial charge in [0.2, 0.25) is 0 Å². The van der Waals surface area contributed by atoms with Crippen LogP contribution in [0.1, 0.15) is 46.5 Å². The molecule has 20 heavy (non-hydrogen) atoms. The summed E-state index contributed by atoms with van der Waals surface area (Å²) in [7, 11) is 0. The topological polar surface area (TPSA) is 24.1 Å². The molecule has 1 aliphatic rings. The second-order valence-electron chi connectivity index (χ2n) is 6.88. The van der Waals surface area contributed by atoms with Gasteiger partial charge in [0.15, 0.2) is 5.11 Å². The Morgan fingerprint density at radius 3 is 2.20 bits per heavy atom. The van der Waals surface area contributed by atoms with Crippen LogP contribution in [0.3, 0.4) is 0 Å². The normalized spacial score (nSPS) is 23.1. The fraction of sp³-hybridized carbons (Fsp3) is 0.588. The van der Waals surface area contributed by atoms with Crippen LogP contribution in [0.2, 0.25) is 0 Å². The van der Waals surface area contributed by atoms with Crippen molar-refractivity contribution in [2.45, 2.75) is 52.5 Å². The number of benzene rings is 1. The lowest BCUT2D eigenvalue weighted by molar-refractivity contribution is 0.166. The number of para-hydroxylation sites is 1. The smallest absolute Gasteiger partial charge is 0.170 e. The van der Waals surface area contributed by atoms with Gasteiger partial charge in [0, 0.05) is 11.7 Å². The van der Waals surface area contributed by atoms with Gasteiger partial charge in [-0.05, 0) is 61.4 Å². The molecule has 1 fully saturated rings. The molecule has 0 bridgehead atoms. The molecule has 1 aromatic carbocycles. The van der Waals surface area contributed by atoms with Crippen LogP contribution in [-0.2, 0) is 0 Å². The van der Waals surface area contributed by atoms with Gasteiger partial charge in [-0.1, -0.05) is 39.0 Å². The van der Waals surface area contributed by atoms with Crippen molar-refractivity contribution in [2.24, 2.45) is 11.3 Å². The molecule has 0 spiro atoms. The molecule has 110 valence electrons. The van der Waals surface area contributed by atoms with Gasteiger partial charge in [0.05, 0.1) is 0 Å². The second kappa shape index (κ2) is 6.57. The zero-order valence-electron chi connectivity index (χ0n) is 12.8. The van der Waals surface area contributed by atoms with Crippen LogP contribution in [0.25, 0.3) is 0 Å². The molecule has 2 nitrogen and oxygen atoms in total. The SMILES string of the molecule is CC(C)(C)C1CCC(NC(=S)Nc2ccccc2)CC1. The van der Waals surface area contributed by atoms with E-state index in [0.29, 0.717) is 11.5 Å². The Balaban J connectivity index is 1.77. The molecule has 0 unspecified atom stereocenters. The van der Waals surface area contributed by atoms with Crippen molar-refractivity contribution in [3.05, 3.63) is 30.3 Å². The van der Waals surface area contributed by atoms with Crippen LogP contribution >= 0.6 is 12.2 Å². The van der Waals surface area contributed by atoms with Crippen LogP contribution in [0, 0.1) is 11.3 Å². The Kier molecular flexibility index (Phi) is 5.03. The second-order valence-corrected chi connectivity index (χ2v) is 7.29. The number of rotatable bonds is 2. The van der Waals surface area contributed by atoms with E-state index in [9.17, 15) is 0 Å². The maximum absolute atomic E-state index is 5.40. The Morgan fingerprint density at radius 2 is 1.65 bits per heavy atom. The molecule has 0 radical (unpaired) electrons. The van der Waals surface area contributed by atoms with Crippen LogP contribution in [0.15, 0.2) is 30.3 Å². The van der Waals surface area contributed by atoms with E-state index in [1.807, 2.05) is 30.3 Å². The van der Waals surface area contributed by atoms with E-state index in [-0.39, 0.29) is 0 Å². The van der Waals surface area contributed by atoms with Gasteiger partial charge >= 0.3 is 0 Å². The molecule has 1 aliphatic carbocycles. The van der Waals surface area contributed by atoms with Crippen molar-refractivity contribution in [3.63, 3.8) is 0 Å². The summed E-state index contributed by atoms with van der Waals surface area (Å²) >= 11 is 5.40. The highest BCUT2D eigenvalue weighted by atomic mass is 32.1. The minimum Gasteiger partial charge on any atom is -0.360 e. The van der Waals surface area contributed by atoms with Crippen molar-refractivity contribution in [1.82, 2.24) is 5.32 Å². The van der Waals surface area contributed by atoms with Crippen LogP contribution in [0.5, 0.6) is 0 Å².